The Hall–Kier alpha value is -3.05. The normalized spacial score (nSPS) is 12.1. The minimum Gasteiger partial charge on any atom is -0.337 e. The lowest BCUT2D eigenvalue weighted by Gasteiger charge is -2.13. The Morgan fingerprint density at radius 1 is 1.03 bits per heavy atom. The Bertz CT molecular complexity index is 1160. The number of anilines is 2. The summed E-state index contributed by atoms with van der Waals surface area (Å²) < 4.78 is 14.0. The minimum atomic E-state index is -0.332. The van der Waals surface area contributed by atoms with E-state index in [0.29, 0.717) is 11.5 Å². The SMILES string of the molecule is CC(CCCc1ccccc1Cl)c1ncc2c(Nc3ccccc3F)nccc2n1. The Morgan fingerprint density at radius 2 is 1.83 bits per heavy atom. The van der Waals surface area contributed by atoms with Crippen molar-refractivity contribution in [1.82, 2.24) is 15.0 Å². The van der Waals surface area contributed by atoms with Crippen molar-refractivity contribution < 1.29 is 4.39 Å². The number of halogens is 2. The van der Waals surface area contributed by atoms with Crippen molar-refractivity contribution in [2.75, 3.05) is 5.32 Å². The van der Waals surface area contributed by atoms with Crippen molar-refractivity contribution in [3.05, 3.63) is 89.2 Å². The number of fused-ring (bicyclic) bond motifs is 1. The molecule has 4 aromatic rings. The number of hydrogen-bond acceptors (Lipinski definition) is 4. The molecule has 4 nitrogen and oxygen atoms in total. The topological polar surface area (TPSA) is 50.7 Å². The van der Waals surface area contributed by atoms with Crippen molar-refractivity contribution in [2.24, 2.45) is 0 Å². The number of aromatic nitrogens is 3. The van der Waals surface area contributed by atoms with Crippen LogP contribution in [0.2, 0.25) is 5.02 Å². The number of nitrogens with one attached hydrogen (secondary N) is 1. The summed E-state index contributed by atoms with van der Waals surface area (Å²) in [7, 11) is 0. The molecule has 0 aliphatic rings. The zero-order valence-electron chi connectivity index (χ0n) is 16.6. The molecule has 0 aliphatic heterocycles. The lowest BCUT2D eigenvalue weighted by Crippen LogP contribution is -2.04. The molecule has 0 fully saturated rings. The summed E-state index contributed by atoms with van der Waals surface area (Å²) >= 11 is 6.24. The molecule has 0 saturated carbocycles. The van der Waals surface area contributed by atoms with Gasteiger partial charge in [-0.05, 0) is 49.1 Å². The zero-order chi connectivity index (χ0) is 20.9. The Labute approximate surface area is 180 Å². The smallest absolute Gasteiger partial charge is 0.146 e. The van der Waals surface area contributed by atoms with Gasteiger partial charge >= 0.3 is 0 Å². The molecule has 1 unspecified atom stereocenters. The van der Waals surface area contributed by atoms with Crippen LogP contribution < -0.4 is 5.32 Å². The van der Waals surface area contributed by atoms with Crippen molar-refractivity contribution in [1.29, 1.82) is 0 Å². The van der Waals surface area contributed by atoms with Crippen molar-refractivity contribution in [2.45, 2.75) is 32.1 Å². The Morgan fingerprint density at radius 3 is 2.67 bits per heavy atom. The summed E-state index contributed by atoms with van der Waals surface area (Å²) in [6.45, 7) is 2.13. The maximum Gasteiger partial charge on any atom is 0.146 e. The zero-order valence-corrected chi connectivity index (χ0v) is 17.4. The molecule has 0 amide bonds. The third kappa shape index (κ3) is 4.57. The second kappa shape index (κ2) is 9.18. The van der Waals surface area contributed by atoms with Crippen LogP contribution in [0.4, 0.5) is 15.9 Å². The number of para-hydroxylation sites is 1. The summed E-state index contributed by atoms with van der Waals surface area (Å²) in [6, 6.07) is 16.3. The molecule has 30 heavy (non-hydrogen) atoms. The van der Waals surface area contributed by atoms with Gasteiger partial charge in [-0.2, -0.15) is 0 Å². The molecule has 2 aromatic heterocycles. The number of benzene rings is 2. The maximum absolute atomic E-state index is 14.0. The maximum atomic E-state index is 14.0. The van der Waals surface area contributed by atoms with Gasteiger partial charge in [0.2, 0.25) is 0 Å². The highest BCUT2D eigenvalue weighted by Gasteiger charge is 2.13. The Kier molecular flexibility index (Phi) is 6.19. The fourth-order valence-electron chi connectivity index (χ4n) is 3.43. The van der Waals surface area contributed by atoms with E-state index in [1.165, 1.54) is 11.6 Å². The van der Waals surface area contributed by atoms with Crippen molar-refractivity contribution in [3.63, 3.8) is 0 Å². The van der Waals surface area contributed by atoms with Gasteiger partial charge in [-0.25, -0.2) is 19.3 Å². The summed E-state index contributed by atoms with van der Waals surface area (Å²) in [5.41, 5.74) is 2.32. The fraction of sp³-hybridized carbons (Fsp3) is 0.208. The molecule has 6 heteroatoms. The molecule has 152 valence electrons. The number of rotatable bonds is 7. The number of pyridine rings is 1. The molecular formula is C24H22ClFN4. The molecule has 0 radical (unpaired) electrons. The van der Waals surface area contributed by atoms with Gasteiger partial charge in [0.15, 0.2) is 0 Å². The van der Waals surface area contributed by atoms with E-state index in [1.807, 2.05) is 24.3 Å². The van der Waals surface area contributed by atoms with E-state index in [2.05, 4.69) is 28.3 Å². The van der Waals surface area contributed by atoms with Crippen LogP contribution in [0.5, 0.6) is 0 Å². The van der Waals surface area contributed by atoms with E-state index in [0.717, 1.165) is 41.0 Å². The van der Waals surface area contributed by atoms with Crippen molar-refractivity contribution in [3.8, 4) is 0 Å². The third-order valence-corrected chi connectivity index (χ3v) is 5.51. The number of aryl methyl sites for hydroxylation is 1. The highest BCUT2D eigenvalue weighted by Crippen LogP contribution is 2.27. The number of hydrogen-bond donors (Lipinski definition) is 1. The average Bonchev–Trinajstić information content (AvgIpc) is 2.76. The standard InChI is InChI=1S/C24H22ClFN4/c1-16(7-6-9-17-8-2-3-10-19(17)25)23-28-15-18-21(29-23)13-14-27-24(18)30-22-12-5-4-11-20(22)26/h2-5,8,10-16H,6-7,9H2,1H3,(H,27,30). The third-order valence-electron chi connectivity index (χ3n) is 5.14. The van der Waals surface area contributed by atoms with E-state index >= 15 is 0 Å². The largest absolute Gasteiger partial charge is 0.337 e. The summed E-state index contributed by atoms with van der Waals surface area (Å²) in [4.78, 5) is 13.6. The molecular weight excluding hydrogens is 399 g/mol. The first-order valence-corrected chi connectivity index (χ1v) is 10.4. The molecule has 0 saturated heterocycles. The monoisotopic (exact) mass is 420 g/mol. The highest BCUT2D eigenvalue weighted by molar-refractivity contribution is 6.31. The van der Waals surface area contributed by atoms with Gasteiger partial charge in [-0.15, -0.1) is 0 Å². The van der Waals surface area contributed by atoms with E-state index in [-0.39, 0.29) is 11.7 Å². The molecule has 1 N–H and O–H groups in total. The van der Waals surface area contributed by atoms with Gasteiger partial charge in [0.25, 0.3) is 0 Å². The molecule has 4 rings (SSSR count). The van der Waals surface area contributed by atoms with Gasteiger partial charge in [-0.3, -0.25) is 0 Å². The van der Waals surface area contributed by atoms with E-state index in [9.17, 15) is 4.39 Å². The van der Waals surface area contributed by atoms with Crippen LogP contribution in [-0.2, 0) is 6.42 Å². The van der Waals surface area contributed by atoms with Crippen LogP contribution >= 0.6 is 11.6 Å². The Balaban J connectivity index is 1.48. The predicted molar refractivity (Wildman–Crippen MR) is 120 cm³/mol. The fourth-order valence-corrected chi connectivity index (χ4v) is 3.66. The van der Waals surface area contributed by atoms with E-state index in [1.54, 1.807) is 30.6 Å². The van der Waals surface area contributed by atoms with Crippen molar-refractivity contribution >= 4 is 34.0 Å². The average molecular weight is 421 g/mol. The quantitative estimate of drug-likeness (QED) is 0.362. The van der Waals surface area contributed by atoms with Gasteiger partial charge < -0.3 is 5.32 Å². The summed E-state index contributed by atoms with van der Waals surface area (Å²) in [5, 5.41) is 4.61. The lowest BCUT2D eigenvalue weighted by molar-refractivity contribution is 0.605. The van der Waals surface area contributed by atoms with Gasteiger partial charge in [-0.1, -0.05) is 48.9 Å². The van der Waals surface area contributed by atoms with Gasteiger partial charge in [0, 0.05) is 23.3 Å². The first-order chi connectivity index (χ1) is 14.6. The molecule has 0 spiro atoms. The second-order valence-corrected chi connectivity index (χ2v) is 7.72. The van der Waals surface area contributed by atoms with Crippen LogP contribution in [0, 0.1) is 5.82 Å². The molecule has 2 aromatic carbocycles. The minimum absolute atomic E-state index is 0.216. The van der Waals surface area contributed by atoms with Gasteiger partial charge in [0.1, 0.15) is 17.5 Å². The molecule has 0 bridgehead atoms. The molecule has 2 heterocycles. The van der Waals surface area contributed by atoms with E-state index < -0.39 is 0 Å². The lowest BCUT2D eigenvalue weighted by atomic mass is 10.00. The second-order valence-electron chi connectivity index (χ2n) is 7.31. The van der Waals surface area contributed by atoms with Crippen LogP contribution in [0.15, 0.2) is 67.0 Å². The predicted octanol–water partition coefficient (Wildman–Crippen LogP) is 6.69. The van der Waals surface area contributed by atoms with Crippen LogP contribution in [0.3, 0.4) is 0 Å². The van der Waals surface area contributed by atoms with E-state index in [4.69, 9.17) is 16.6 Å². The first-order valence-electron chi connectivity index (χ1n) is 9.98. The highest BCUT2D eigenvalue weighted by atomic mass is 35.5. The van der Waals surface area contributed by atoms with Crippen LogP contribution in [-0.4, -0.2) is 15.0 Å². The summed E-state index contributed by atoms with van der Waals surface area (Å²) in [6.07, 6.45) is 6.33. The molecule has 0 aliphatic carbocycles. The van der Waals surface area contributed by atoms with Crippen LogP contribution in [0.25, 0.3) is 10.9 Å². The van der Waals surface area contributed by atoms with Crippen LogP contribution in [0.1, 0.15) is 37.1 Å². The summed E-state index contributed by atoms with van der Waals surface area (Å²) in [5.74, 6) is 1.22. The molecule has 1 atom stereocenters. The van der Waals surface area contributed by atoms with Gasteiger partial charge in [0.05, 0.1) is 16.6 Å². The first kappa shape index (κ1) is 20.2. The number of nitrogens with zero attached hydrogens (tertiary/aromatic N) is 3.